The fourth-order valence-corrected chi connectivity index (χ4v) is 2.66. The van der Waals surface area contributed by atoms with E-state index in [2.05, 4.69) is 4.98 Å². The molecule has 20 heavy (non-hydrogen) atoms. The summed E-state index contributed by atoms with van der Waals surface area (Å²) in [5, 5.41) is 0. The minimum atomic E-state index is -0.266. The third-order valence-electron chi connectivity index (χ3n) is 3.96. The molecule has 0 aliphatic carbocycles. The first-order valence-electron chi connectivity index (χ1n) is 6.64. The van der Waals surface area contributed by atoms with Crippen molar-refractivity contribution in [2.45, 2.75) is 32.5 Å². The molecule has 0 radical (unpaired) electrons. The molecule has 1 aliphatic heterocycles. The van der Waals surface area contributed by atoms with Gasteiger partial charge in [-0.2, -0.15) is 0 Å². The molecule has 2 heterocycles. The second-order valence-electron chi connectivity index (χ2n) is 5.16. The highest BCUT2D eigenvalue weighted by Crippen LogP contribution is 2.29. The number of benzene rings is 1. The molecule has 0 fully saturated rings. The molecule has 1 unspecified atom stereocenters. The van der Waals surface area contributed by atoms with Crippen LogP contribution in [0.3, 0.4) is 0 Å². The van der Waals surface area contributed by atoms with Gasteiger partial charge >= 0.3 is 0 Å². The highest BCUT2D eigenvalue weighted by molar-refractivity contribution is 5.81. The van der Waals surface area contributed by atoms with E-state index < -0.39 is 0 Å². The van der Waals surface area contributed by atoms with Gasteiger partial charge in [0.1, 0.15) is 11.9 Å². The van der Waals surface area contributed by atoms with Gasteiger partial charge in [-0.3, -0.25) is 4.79 Å². The van der Waals surface area contributed by atoms with Crippen molar-refractivity contribution in [1.29, 1.82) is 0 Å². The molecular weight excluding hydrogens is 257 g/mol. The van der Waals surface area contributed by atoms with Crippen LogP contribution in [-0.4, -0.2) is 20.4 Å². The van der Waals surface area contributed by atoms with Gasteiger partial charge in [0.2, 0.25) is 5.91 Å². The maximum Gasteiger partial charge on any atom is 0.246 e. The zero-order valence-electron chi connectivity index (χ0n) is 11.5. The summed E-state index contributed by atoms with van der Waals surface area (Å²) in [6.45, 7) is 4.36. The van der Waals surface area contributed by atoms with Crippen molar-refractivity contribution in [2.75, 3.05) is 0 Å². The SMILES string of the molecule is CC1C(=O)N([C@@H](C)c2ccc(F)cc2)Cc2cncn21. The minimum Gasteiger partial charge on any atom is -0.328 e. The quantitative estimate of drug-likeness (QED) is 0.843. The average Bonchev–Trinajstić information content (AvgIpc) is 2.91. The third kappa shape index (κ3) is 1.99. The van der Waals surface area contributed by atoms with Crippen LogP contribution in [0.25, 0.3) is 0 Å². The number of amides is 1. The molecule has 1 aromatic heterocycles. The van der Waals surface area contributed by atoms with Crippen LogP contribution in [0.4, 0.5) is 4.39 Å². The molecule has 3 rings (SSSR count). The van der Waals surface area contributed by atoms with Crippen molar-refractivity contribution in [2.24, 2.45) is 0 Å². The van der Waals surface area contributed by atoms with E-state index in [4.69, 9.17) is 0 Å². The summed E-state index contributed by atoms with van der Waals surface area (Å²) >= 11 is 0. The number of carbonyl (C=O) groups is 1. The molecular formula is C15H16FN3O. The van der Waals surface area contributed by atoms with Crippen molar-refractivity contribution in [3.05, 3.63) is 53.9 Å². The predicted molar refractivity (Wildman–Crippen MR) is 72.3 cm³/mol. The number of hydrogen-bond donors (Lipinski definition) is 0. The molecule has 0 saturated carbocycles. The fraction of sp³-hybridized carbons (Fsp3) is 0.333. The lowest BCUT2D eigenvalue weighted by molar-refractivity contribution is -0.139. The Balaban J connectivity index is 1.91. The normalized spacial score (nSPS) is 19.9. The summed E-state index contributed by atoms with van der Waals surface area (Å²) in [4.78, 5) is 18.4. The van der Waals surface area contributed by atoms with E-state index in [0.717, 1.165) is 11.3 Å². The van der Waals surface area contributed by atoms with Gasteiger partial charge in [-0.05, 0) is 31.5 Å². The molecule has 2 atom stereocenters. The molecule has 0 N–H and O–H groups in total. The maximum atomic E-state index is 13.0. The first kappa shape index (κ1) is 12.8. The number of carbonyl (C=O) groups excluding carboxylic acids is 1. The van der Waals surface area contributed by atoms with E-state index >= 15 is 0 Å². The number of imidazole rings is 1. The third-order valence-corrected chi connectivity index (χ3v) is 3.96. The van der Waals surface area contributed by atoms with E-state index in [-0.39, 0.29) is 23.8 Å². The van der Waals surface area contributed by atoms with Gasteiger partial charge < -0.3 is 9.47 Å². The zero-order valence-corrected chi connectivity index (χ0v) is 11.5. The van der Waals surface area contributed by atoms with Gasteiger partial charge in [-0.15, -0.1) is 0 Å². The summed E-state index contributed by atoms with van der Waals surface area (Å²) in [7, 11) is 0. The molecule has 1 amide bonds. The minimum absolute atomic E-state index is 0.0623. The largest absolute Gasteiger partial charge is 0.328 e. The van der Waals surface area contributed by atoms with Gasteiger partial charge in [-0.25, -0.2) is 9.37 Å². The Bertz CT molecular complexity index is 635. The Morgan fingerprint density at radius 3 is 2.75 bits per heavy atom. The van der Waals surface area contributed by atoms with Crippen LogP contribution < -0.4 is 0 Å². The molecule has 104 valence electrons. The molecule has 0 bridgehead atoms. The van der Waals surface area contributed by atoms with E-state index in [9.17, 15) is 9.18 Å². The number of rotatable bonds is 2. The Morgan fingerprint density at radius 2 is 2.05 bits per heavy atom. The summed E-state index contributed by atoms with van der Waals surface area (Å²) in [5.41, 5.74) is 1.95. The first-order valence-corrected chi connectivity index (χ1v) is 6.64. The zero-order chi connectivity index (χ0) is 14.3. The number of halogens is 1. The smallest absolute Gasteiger partial charge is 0.246 e. The van der Waals surface area contributed by atoms with Crippen molar-refractivity contribution >= 4 is 5.91 Å². The number of aromatic nitrogens is 2. The van der Waals surface area contributed by atoms with E-state index in [1.165, 1.54) is 12.1 Å². The molecule has 1 aromatic carbocycles. The van der Waals surface area contributed by atoms with Gasteiger partial charge in [-0.1, -0.05) is 12.1 Å². The van der Waals surface area contributed by atoms with Crippen LogP contribution in [0.15, 0.2) is 36.8 Å². The van der Waals surface area contributed by atoms with Crippen molar-refractivity contribution in [3.8, 4) is 0 Å². The van der Waals surface area contributed by atoms with Gasteiger partial charge in [0.25, 0.3) is 0 Å². The molecule has 2 aromatic rings. The van der Waals surface area contributed by atoms with Crippen LogP contribution >= 0.6 is 0 Å². The first-order chi connectivity index (χ1) is 9.58. The lowest BCUT2D eigenvalue weighted by atomic mass is 10.0. The summed E-state index contributed by atoms with van der Waals surface area (Å²) in [6, 6.07) is 5.97. The van der Waals surface area contributed by atoms with Gasteiger partial charge in [0, 0.05) is 6.20 Å². The van der Waals surface area contributed by atoms with Crippen LogP contribution in [0.2, 0.25) is 0 Å². The summed E-state index contributed by atoms with van der Waals surface area (Å²) in [6.07, 6.45) is 3.48. The maximum absolute atomic E-state index is 13.0. The van der Waals surface area contributed by atoms with Gasteiger partial charge in [0.05, 0.1) is 24.6 Å². The number of hydrogen-bond acceptors (Lipinski definition) is 2. The summed E-state index contributed by atoms with van der Waals surface area (Å²) in [5.74, 6) is -0.204. The average molecular weight is 273 g/mol. The monoisotopic (exact) mass is 273 g/mol. The molecule has 5 heteroatoms. The van der Waals surface area contributed by atoms with Crippen LogP contribution in [-0.2, 0) is 11.3 Å². The van der Waals surface area contributed by atoms with Crippen molar-refractivity contribution in [3.63, 3.8) is 0 Å². The highest BCUT2D eigenvalue weighted by Gasteiger charge is 2.32. The van der Waals surface area contributed by atoms with E-state index in [0.29, 0.717) is 6.54 Å². The van der Waals surface area contributed by atoms with Crippen LogP contribution in [0.1, 0.15) is 37.2 Å². The second-order valence-corrected chi connectivity index (χ2v) is 5.16. The molecule has 0 spiro atoms. The van der Waals surface area contributed by atoms with Crippen LogP contribution in [0.5, 0.6) is 0 Å². The second kappa shape index (κ2) is 4.74. The standard InChI is InChI=1S/C15H16FN3O/c1-10(12-3-5-13(16)6-4-12)18-8-14-7-17-9-19(14)11(2)15(18)20/h3-7,9-11H,8H2,1-2H3/t10-,11?/m0/s1. The lowest BCUT2D eigenvalue weighted by Gasteiger charge is -2.36. The van der Waals surface area contributed by atoms with Crippen molar-refractivity contribution in [1.82, 2.24) is 14.5 Å². The highest BCUT2D eigenvalue weighted by atomic mass is 19.1. The van der Waals surface area contributed by atoms with Gasteiger partial charge in [0.15, 0.2) is 0 Å². The van der Waals surface area contributed by atoms with E-state index in [1.54, 1.807) is 24.7 Å². The van der Waals surface area contributed by atoms with Crippen LogP contribution in [0, 0.1) is 5.82 Å². The summed E-state index contributed by atoms with van der Waals surface area (Å²) < 4.78 is 14.9. The van der Waals surface area contributed by atoms with Crippen molar-refractivity contribution < 1.29 is 9.18 Å². The Labute approximate surface area is 116 Å². The number of nitrogens with zero attached hydrogens (tertiary/aromatic N) is 3. The topological polar surface area (TPSA) is 38.1 Å². The predicted octanol–water partition coefficient (Wildman–Crippen LogP) is 2.69. The molecule has 4 nitrogen and oxygen atoms in total. The number of fused-ring (bicyclic) bond motifs is 1. The Hall–Kier alpha value is -2.17. The molecule has 1 aliphatic rings. The molecule has 0 saturated heterocycles. The van der Waals surface area contributed by atoms with E-state index in [1.807, 2.05) is 23.3 Å². The Morgan fingerprint density at radius 1 is 1.35 bits per heavy atom. The Kier molecular flexibility index (Phi) is 3.04. The fourth-order valence-electron chi connectivity index (χ4n) is 2.66. The lowest BCUT2D eigenvalue weighted by Crippen LogP contribution is -2.42.